The molecule has 1 nitrogen and oxygen atoms in total. The van der Waals surface area contributed by atoms with E-state index in [4.69, 9.17) is 0 Å². The minimum absolute atomic E-state index is 0.467. The highest BCUT2D eigenvalue weighted by Crippen LogP contribution is 2.32. The fourth-order valence-electron chi connectivity index (χ4n) is 1.73. The van der Waals surface area contributed by atoms with Crippen LogP contribution < -0.4 is 5.32 Å². The zero-order valence-electron chi connectivity index (χ0n) is 12.6. The molecule has 0 heterocycles. The zero-order valence-corrected chi connectivity index (χ0v) is 12.6. The van der Waals surface area contributed by atoms with Gasteiger partial charge in [0.05, 0.1) is 0 Å². The second-order valence-corrected chi connectivity index (χ2v) is 7.25. The maximum absolute atomic E-state index is 3.61. The van der Waals surface area contributed by atoms with Crippen molar-refractivity contribution in [3.05, 3.63) is 0 Å². The first-order valence-electron chi connectivity index (χ1n) is 6.89. The molecule has 0 aliphatic carbocycles. The molecule has 0 aromatic rings. The van der Waals surface area contributed by atoms with Crippen molar-refractivity contribution in [1.82, 2.24) is 5.32 Å². The Morgan fingerprint density at radius 1 is 1.00 bits per heavy atom. The van der Waals surface area contributed by atoms with Crippen molar-refractivity contribution < 1.29 is 0 Å². The molecule has 0 aliphatic rings. The van der Waals surface area contributed by atoms with Gasteiger partial charge in [0.25, 0.3) is 0 Å². The Hall–Kier alpha value is -0.0400. The topological polar surface area (TPSA) is 12.0 Å². The fourth-order valence-corrected chi connectivity index (χ4v) is 1.73. The van der Waals surface area contributed by atoms with Gasteiger partial charge in [0.1, 0.15) is 0 Å². The standard InChI is InChI=1S/C15H33N/c1-8-15(7,10-9-14(4,5)6)12-16-11-13(2)3/h13,16H,8-12H2,1-7H3. The van der Waals surface area contributed by atoms with Gasteiger partial charge in [0.15, 0.2) is 0 Å². The molecule has 98 valence electrons. The number of hydrogen-bond donors (Lipinski definition) is 1. The molecule has 0 fully saturated rings. The lowest BCUT2D eigenvalue weighted by molar-refractivity contribution is 0.216. The molecule has 0 bridgehead atoms. The molecule has 1 atom stereocenters. The third-order valence-corrected chi connectivity index (χ3v) is 3.44. The first-order chi connectivity index (χ1) is 7.18. The smallest absolute Gasteiger partial charge is 0.000517 e. The van der Waals surface area contributed by atoms with Gasteiger partial charge in [-0.05, 0) is 42.6 Å². The summed E-state index contributed by atoms with van der Waals surface area (Å²) in [7, 11) is 0. The molecule has 0 rings (SSSR count). The van der Waals surface area contributed by atoms with Crippen molar-refractivity contribution in [2.45, 2.75) is 67.7 Å². The molecule has 0 saturated carbocycles. The third-order valence-electron chi connectivity index (χ3n) is 3.44. The first-order valence-corrected chi connectivity index (χ1v) is 6.89. The van der Waals surface area contributed by atoms with Gasteiger partial charge in [-0.2, -0.15) is 0 Å². The van der Waals surface area contributed by atoms with Crippen molar-refractivity contribution >= 4 is 0 Å². The van der Waals surface area contributed by atoms with Gasteiger partial charge in [-0.25, -0.2) is 0 Å². The summed E-state index contributed by atoms with van der Waals surface area (Å²) < 4.78 is 0. The van der Waals surface area contributed by atoms with Crippen molar-refractivity contribution in [3.8, 4) is 0 Å². The second kappa shape index (κ2) is 6.64. The van der Waals surface area contributed by atoms with Crippen LogP contribution in [0.4, 0.5) is 0 Å². The molecular weight excluding hydrogens is 194 g/mol. The largest absolute Gasteiger partial charge is 0.316 e. The Balaban J connectivity index is 4.00. The van der Waals surface area contributed by atoms with E-state index in [1.54, 1.807) is 0 Å². The predicted octanol–water partition coefficient (Wildman–Crippen LogP) is 4.47. The average Bonchev–Trinajstić information content (AvgIpc) is 2.13. The normalized spacial score (nSPS) is 16.5. The summed E-state index contributed by atoms with van der Waals surface area (Å²) in [5, 5.41) is 3.61. The SMILES string of the molecule is CCC(C)(CCC(C)(C)C)CNCC(C)C. The first kappa shape index (κ1) is 16.0. The van der Waals surface area contributed by atoms with Gasteiger partial charge in [-0.3, -0.25) is 0 Å². The Kier molecular flexibility index (Phi) is 6.62. The lowest BCUT2D eigenvalue weighted by atomic mass is 9.77. The summed E-state index contributed by atoms with van der Waals surface area (Å²) in [6.07, 6.45) is 3.92. The summed E-state index contributed by atoms with van der Waals surface area (Å²) in [5.41, 5.74) is 0.941. The maximum atomic E-state index is 3.61. The number of nitrogens with one attached hydrogen (secondary N) is 1. The highest BCUT2D eigenvalue weighted by molar-refractivity contribution is 4.78. The molecule has 0 radical (unpaired) electrons. The molecule has 1 unspecified atom stereocenters. The molecular formula is C15H33N. The average molecular weight is 227 g/mol. The van der Waals surface area contributed by atoms with E-state index >= 15 is 0 Å². The Morgan fingerprint density at radius 2 is 1.56 bits per heavy atom. The number of rotatable bonds is 7. The van der Waals surface area contributed by atoms with Crippen molar-refractivity contribution in [2.75, 3.05) is 13.1 Å². The van der Waals surface area contributed by atoms with Crippen LogP contribution in [0.25, 0.3) is 0 Å². The third kappa shape index (κ3) is 8.15. The second-order valence-electron chi connectivity index (χ2n) is 7.25. The van der Waals surface area contributed by atoms with E-state index in [1.165, 1.54) is 19.3 Å². The highest BCUT2D eigenvalue weighted by atomic mass is 14.9. The lowest BCUT2D eigenvalue weighted by Crippen LogP contribution is -2.34. The van der Waals surface area contributed by atoms with E-state index in [0.29, 0.717) is 10.8 Å². The molecule has 0 spiro atoms. The number of hydrogen-bond acceptors (Lipinski definition) is 1. The van der Waals surface area contributed by atoms with Crippen LogP contribution in [-0.2, 0) is 0 Å². The molecule has 16 heavy (non-hydrogen) atoms. The van der Waals surface area contributed by atoms with Crippen LogP contribution in [0.2, 0.25) is 0 Å². The minimum Gasteiger partial charge on any atom is -0.316 e. The molecule has 0 aromatic carbocycles. The molecule has 1 heteroatoms. The Labute approximate surface area is 103 Å². The van der Waals surface area contributed by atoms with Crippen LogP contribution in [-0.4, -0.2) is 13.1 Å². The maximum Gasteiger partial charge on any atom is 0.000517 e. The fraction of sp³-hybridized carbons (Fsp3) is 1.00. The van der Waals surface area contributed by atoms with Crippen LogP contribution >= 0.6 is 0 Å². The lowest BCUT2D eigenvalue weighted by Gasteiger charge is -2.32. The van der Waals surface area contributed by atoms with Gasteiger partial charge in [-0.1, -0.05) is 48.5 Å². The summed E-state index contributed by atoms with van der Waals surface area (Å²) in [6.45, 7) is 18.6. The van der Waals surface area contributed by atoms with E-state index < -0.39 is 0 Å². The van der Waals surface area contributed by atoms with Crippen LogP contribution in [0, 0.1) is 16.7 Å². The van der Waals surface area contributed by atoms with Crippen LogP contribution in [0.1, 0.15) is 67.7 Å². The molecule has 1 N–H and O–H groups in total. The summed E-state index contributed by atoms with van der Waals surface area (Å²) in [5.74, 6) is 0.753. The minimum atomic E-state index is 0.467. The van der Waals surface area contributed by atoms with Crippen LogP contribution in [0.5, 0.6) is 0 Å². The molecule has 0 saturated heterocycles. The van der Waals surface area contributed by atoms with Gasteiger partial charge >= 0.3 is 0 Å². The highest BCUT2D eigenvalue weighted by Gasteiger charge is 2.24. The van der Waals surface area contributed by atoms with Crippen molar-refractivity contribution in [3.63, 3.8) is 0 Å². The van der Waals surface area contributed by atoms with Crippen LogP contribution in [0.15, 0.2) is 0 Å². The van der Waals surface area contributed by atoms with E-state index in [-0.39, 0.29) is 0 Å². The Morgan fingerprint density at radius 3 is 1.94 bits per heavy atom. The monoisotopic (exact) mass is 227 g/mol. The van der Waals surface area contributed by atoms with E-state index in [2.05, 4.69) is 53.8 Å². The quantitative estimate of drug-likeness (QED) is 0.676. The van der Waals surface area contributed by atoms with Gasteiger partial charge < -0.3 is 5.32 Å². The van der Waals surface area contributed by atoms with Gasteiger partial charge in [-0.15, -0.1) is 0 Å². The summed E-state index contributed by atoms with van der Waals surface area (Å²) in [6, 6.07) is 0. The van der Waals surface area contributed by atoms with Crippen molar-refractivity contribution in [2.24, 2.45) is 16.7 Å². The van der Waals surface area contributed by atoms with Crippen molar-refractivity contribution in [1.29, 1.82) is 0 Å². The molecule has 0 aromatic heterocycles. The summed E-state index contributed by atoms with van der Waals surface area (Å²) >= 11 is 0. The molecule has 0 aliphatic heterocycles. The van der Waals surface area contributed by atoms with E-state index in [9.17, 15) is 0 Å². The predicted molar refractivity (Wildman–Crippen MR) is 74.8 cm³/mol. The van der Waals surface area contributed by atoms with E-state index in [0.717, 1.165) is 19.0 Å². The van der Waals surface area contributed by atoms with E-state index in [1.807, 2.05) is 0 Å². The summed E-state index contributed by atoms with van der Waals surface area (Å²) in [4.78, 5) is 0. The Bertz CT molecular complexity index is 178. The van der Waals surface area contributed by atoms with Gasteiger partial charge in [0, 0.05) is 6.54 Å². The molecule has 0 amide bonds. The zero-order chi connectivity index (χ0) is 12.8. The van der Waals surface area contributed by atoms with Crippen LogP contribution in [0.3, 0.4) is 0 Å². The van der Waals surface area contributed by atoms with Gasteiger partial charge in [0.2, 0.25) is 0 Å².